The predicted octanol–water partition coefficient (Wildman–Crippen LogP) is 2.81. The van der Waals surface area contributed by atoms with Crippen LogP contribution in [0.2, 0.25) is 0 Å². The first kappa shape index (κ1) is 8.74. The Balaban J connectivity index is 2.64. The minimum Gasteiger partial charge on any atom is -0.472 e. The highest BCUT2D eigenvalue weighted by atomic mass is 19.1. The standard InChI is InChI=1S/C10H7F2NO/c11-8-3-7(13)4-9(12)10(8)6-1-2-14-5-6/h1-5H,13H2. The number of nitrogens with two attached hydrogens (primary N) is 1. The van der Waals surface area contributed by atoms with Gasteiger partial charge < -0.3 is 10.2 Å². The second-order valence-corrected chi connectivity index (χ2v) is 2.87. The fraction of sp³-hybridized carbons (Fsp3) is 0. The molecule has 0 atom stereocenters. The van der Waals surface area contributed by atoms with Crippen molar-refractivity contribution in [2.24, 2.45) is 0 Å². The zero-order valence-electron chi connectivity index (χ0n) is 7.13. The van der Waals surface area contributed by atoms with Gasteiger partial charge in [-0.1, -0.05) is 0 Å². The van der Waals surface area contributed by atoms with E-state index in [4.69, 9.17) is 10.2 Å². The van der Waals surface area contributed by atoms with Crippen molar-refractivity contribution < 1.29 is 13.2 Å². The lowest BCUT2D eigenvalue weighted by Crippen LogP contribution is -1.93. The summed E-state index contributed by atoms with van der Waals surface area (Å²) in [5, 5.41) is 0. The molecule has 2 N–H and O–H groups in total. The Labute approximate surface area is 79.0 Å². The largest absolute Gasteiger partial charge is 0.472 e. The highest BCUT2D eigenvalue weighted by molar-refractivity contribution is 5.66. The van der Waals surface area contributed by atoms with Crippen LogP contribution < -0.4 is 5.73 Å². The highest BCUT2D eigenvalue weighted by Gasteiger charge is 2.12. The minimum atomic E-state index is -0.691. The van der Waals surface area contributed by atoms with Crippen LogP contribution in [0.25, 0.3) is 11.1 Å². The summed E-state index contributed by atoms with van der Waals surface area (Å²) in [5.74, 6) is -1.38. The van der Waals surface area contributed by atoms with E-state index in [1.807, 2.05) is 0 Å². The molecule has 0 saturated carbocycles. The number of rotatable bonds is 1. The Morgan fingerprint density at radius 1 is 1.14 bits per heavy atom. The number of furan rings is 1. The summed E-state index contributed by atoms with van der Waals surface area (Å²) in [5.41, 5.74) is 5.58. The molecule has 72 valence electrons. The van der Waals surface area contributed by atoms with Crippen molar-refractivity contribution in [2.45, 2.75) is 0 Å². The summed E-state index contributed by atoms with van der Waals surface area (Å²) in [4.78, 5) is 0. The second-order valence-electron chi connectivity index (χ2n) is 2.87. The van der Waals surface area contributed by atoms with Gasteiger partial charge in [-0.15, -0.1) is 0 Å². The van der Waals surface area contributed by atoms with Crippen molar-refractivity contribution in [3.63, 3.8) is 0 Å². The molecule has 0 unspecified atom stereocenters. The van der Waals surface area contributed by atoms with Crippen molar-refractivity contribution >= 4 is 5.69 Å². The van der Waals surface area contributed by atoms with Crippen LogP contribution in [-0.4, -0.2) is 0 Å². The molecular weight excluding hydrogens is 188 g/mol. The van der Waals surface area contributed by atoms with Crippen molar-refractivity contribution in [2.75, 3.05) is 5.73 Å². The topological polar surface area (TPSA) is 39.2 Å². The monoisotopic (exact) mass is 195 g/mol. The molecule has 0 aliphatic heterocycles. The maximum Gasteiger partial charge on any atom is 0.136 e. The van der Waals surface area contributed by atoms with Crippen LogP contribution in [-0.2, 0) is 0 Å². The molecule has 1 heterocycles. The molecule has 0 aliphatic rings. The number of hydrogen-bond donors (Lipinski definition) is 1. The molecule has 0 bridgehead atoms. The van der Waals surface area contributed by atoms with E-state index in [1.54, 1.807) is 0 Å². The normalized spacial score (nSPS) is 10.4. The summed E-state index contributed by atoms with van der Waals surface area (Å²) in [6.45, 7) is 0. The number of nitrogen functional groups attached to an aromatic ring is 1. The van der Waals surface area contributed by atoms with Gasteiger partial charge in [0.15, 0.2) is 0 Å². The van der Waals surface area contributed by atoms with Crippen LogP contribution in [0, 0.1) is 11.6 Å². The van der Waals surface area contributed by atoms with Crippen molar-refractivity contribution in [3.8, 4) is 11.1 Å². The van der Waals surface area contributed by atoms with Gasteiger partial charge in [0, 0.05) is 11.3 Å². The minimum absolute atomic E-state index is 0.0623. The zero-order valence-corrected chi connectivity index (χ0v) is 7.13. The average molecular weight is 195 g/mol. The number of hydrogen-bond acceptors (Lipinski definition) is 2. The Morgan fingerprint density at radius 3 is 2.29 bits per heavy atom. The third-order valence-electron chi connectivity index (χ3n) is 1.87. The highest BCUT2D eigenvalue weighted by Crippen LogP contribution is 2.27. The van der Waals surface area contributed by atoms with Crippen molar-refractivity contribution in [1.29, 1.82) is 0 Å². The van der Waals surface area contributed by atoms with Gasteiger partial charge >= 0.3 is 0 Å². The number of halogens is 2. The van der Waals surface area contributed by atoms with Crippen molar-refractivity contribution in [3.05, 3.63) is 42.4 Å². The molecule has 0 amide bonds. The summed E-state index contributed by atoms with van der Waals surface area (Å²) in [6.07, 6.45) is 2.63. The molecule has 0 fully saturated rings. The summed E-state index contributed by atoms with van der Waals surface area (Å²) in [7, 11) is 0. The molecule has 14 heavy (non-hydrogen) atoms. The molecule has 4 heteroatoms. The van der Waals surface area contributed by atoms with E-state index in [-0.39, 0.29) is 11.3 Å². The molecule has 0 saturated heterocycles. The first-order valence-corrected chi connectivity index (χ1v) is 3.95. The number of benzene rings is 1. The first-order chi connectivity index (χ1) is 6.68. The first-order valence-electron chi connectivity index (χ1n) is 3.95. The van der Waals surface area contributed by atoms with Crippen LogP contribution in [0.5, 0.6) is 0 Å². The Morgan fingerprint density at radius 2 is 1.79 bits per heavy atom. The Hall–Kier alpha value is -1.84. The van der Waals surface area contributed by atoms with E-state index in [2.05, 4.69) is 0 Å². The van der Waals surface area contributed by atoms with E-state index in [0.717, 1.165) is 12.1 Å². The van der Waals surface area contributed by atoms with E-state index >= 15 is 0 Å². The van der Waals surface area contributed by atoms with Gasteiger partial charge in [0.2, 0.25) is 0 Å². The zero-order chi connectivity index (χ0) is 10.1. The fourth-order valence-corrected chi connectivity index (χ4v) is 1.28. The maximum absolute atomic E-state index is 13.3. The predicted molar refractivity (Wildman–Crippen MR) is 48.5 cm³/mol. The Kier molecular flexibility index (Phi) is 1.96. The SMILES string of the molecule is Nc1cc(F)c(-c2ccoc2)c(F)c1. The van der Waals surface area contributed by atoms with Gasteiger partial charge in [-0.05, 0) is 18.2 Å². The molecule has 2 nitrogen and oxygen atoms in total. The molecule has 2 aromatic rings. The van der Waals surface area contributed by atoms with E-state index in [1.165, 1.54) is 18.6 Å². The van der Waals surface area contributed by atoms with Crippen LogP contribution in [0.1, 0.15) is 0 Å². The fourth-order valence-electron chi connectivity index (χ4n) is 1.28. The van der Waals surface area contributed by atoms with Gasteiger partial charge in [-0.25, -0.2) is 8.78 Å². The number of anilines is 1. The smallest absolute Gasteiger partial charge is 0.136 e. The maximum atomic E-state index is 13.3. The van der Waals surface area contributed by atoms with Gasteiger partial charge in [0.1, 0.15) is 11.6 Å². The van der Waals surface area contributed by atoms with Gasteiger partial charge in [-0.2, -0.15) is 0 Å². The third kappa shape index (κ3) is 1.35. The molecule has 0 spiro atoms. The molecule has 0 radical (unpaired) electrons. The van der Waals surface area contributed by atoms with Crippen LogP contribution in [0.4, 0.5) is 14.5 Å². The molecule has 1 aromatic carbocycles. The lowest BCUT2D eigenvalue weighted by atomic mass is 10.1. The molecule has 0 aliphatic carbocycles. The Bertz CT molecular complexity index is 428. The van der Waals surface area contributed by atoms with Gasteiger partial charge in [0.05, 0.1) is 18.1 Å². The van der Waals surface area contributed by atoms with E-state index < -0.39 is 11.6 Å². The molecule has 2 rings (SSSR count). The van der Waals surface area contributed by atoms with Gasteiger partial charge in [-0.3, -0.25) is 0 Å². The van der Waals surface area contributed by atoms with Crippen LogP contribution in [0.3, 0.4) is 0 Å². The van der Waals surface area contributed by atoms with Crippen LogP contribution in [0.15, 0.2) is 35.1 Å². The summed E-state index contributed by atoms with van der Waals surface area (Å²) < 4.78 is 31.4. The van der Waals surface area contributed by atoms with E-state index in [9.17, 15) is 8.78 Å². The third-order valence-corrected chi connectivity index (χ3v) is 1.87. The average Bonchev–Trinajstić information content (AvgIpc) is 2.54. The second kappa shape index (κ2) is 3.14. The molecule has 1 aromatic heterocycles. The van der Waals surface area contributed by atoms with Crippen molar-refractivity contribution in [1.82, 2.24) is 0 Å². The van der Waals surface area contributed by atoms with Crippen LogP contribution >= 0.6 is 0 Å². The molecular formula is C10H7F2NO. The van der Waals surface area contributed by atoms with E-state index in [0.29, 0.717) is 5.56 Å². The quantitative estimate of drug-likeness (QED) is 0.710. The van der Waals surface area contributed by atoms with Gasteiger partial charge in [0.25, 0.3) is 0 Å². The summed E-state index contributed by atoms with van der Waals surface area (Å²) >= 11 is 0. The lowest BCUT2D eigenvalue weighted by Gasteiger charge is -2.02. The summed E-state index contributed by atoms with van der Waals surface area (Å²) in [6, 6.07) is 3.63. The lowest BCUT2D eigenvalue weighted by molar-refractivity contribution is 0.565.